The van der Waals surface area contributed by atoms with Crippen LogP contribution in [0, 0.1) is 11.8 Å². The minimum absolute atomic E-state index is 0.225. The van der Waals surface area contributed by atoms with E-state index in [0.717, 1.165) is 24.6 Å². The van der Waals surface area contributed by atoms with Gasteiger partial charge in [-0.1, -0.05) is 51.1 Å². The number of hydrogen-bond donors (Lipinski definition) is 1. The molecule has 1 aliphatic heterocycles. The summed E-state index contributed by atoms with van der Waals surface area (Å²) in [7, 11) is 0. The molecule has 0 saturated carbocycles. The molecule has 1 aliphatic rings. The summed E-state index contributed by atoms with van der Waals surface area (Å²) in [6, 6.07) is 10.3. The molecule has 0 bridgehead atoms. The number of likely N-dealkylation sites (tertiary alicyclic amines) is 1. The predicted octanol–water partition coefficient (Wildman–Crippen LogP) is 3.87. The molecule has 0 spiro atoms. The number of hydrogen-bond acceptors (Lipinski definition) is 2. The Hall–Kier alpha value is -0.860. The molecule has 1 heterocycles. The van der Waals surface area contributed by atoms with Crippen molar-refractivity contribution in [3.8, 4) is 0 Å². The quantitative estimate of drug-likeness (QED) is 0.901. The molecule has 20 heavy (non-hydrogen) atoms. The molecule has 0 radical (unpaired) electrons. The Morgan fingerprint density at radius 3 is 2.45 bits per heavy atom. The highest BCUT2D eigenvalue weighted by Crippen LogP contribution is 2.29. The maximum atomic E-state index is 10.8. The minimum atomic E-state index is -0.385. The van der Waals surface area contributed by atoms with Crippen LogP contribution in [-0.4, -0.2) is 29.1 Å². The van der Waals surface area contributed by atoms with Crippen molar-refractivity contribution in [3.63, 3.8) is 0 Å². The topological polar surface area (TPSA) is 23.5 Å². The highest BCUT2D eigenvalue weighted by atomic mass is 16.3. The van der Waals surface area contributed by atoms with Crippen molar-refractivity contribution in [3.05, 3.63) is 35.9 Å². The zero-order valence-corrected chi connectivity index (χ0v) is 13.1. The van der Waals surface area contributed by atoms with E-state index in [2.05, 4.69) is 25.7 Å². The Labute approximate surface area is 123 Å². The lowest BCUT2D eigenvalue weighted by atomic mass is 9.91. The van der Waals surface area contributed by atoms with Crippen LogP contribution in [0.2, 0.25) is 0 Å². The van der Waals surface area contributed by atoms with Gasteiger partial charge in [0, 0.05) is 6.04 Å². The Morgan fingerprint density at radius 2 is 1.80 bits per heavy atom. The molecule has 2 heteroatoms. The van der Waals surface area contributed by atoms with Gasteiger partial charge in [0.2, 0.25) is 0 Å². The Kier molecular flexibility index (Phi) is 5.62. The van der Waals surface area contributed by atoms with Crippen molar-refractivity contribution >= 4 is 0 Å². The van der Waals surface area contributed by atoms with Crippen LogP contribution >= 0.6 is 0 Å². The van der Waals surface area contributed by atoms with E-state index < -0.39 is 0 Å². The van der Waals surface area contributed by atoms with E-state index in [1.807, 2.05) is 30.3 Å². The first-order chi connectivity index (χ1) is 9.59. The second kappa shape index (κ2) is 7.24. The average Bonchev–Trinajstić information content (AvgIpc) is 2.65. The van der Waals surface area contributed by atoms with Crippen molar-refractivity contribution in [2.75, 3.05) is 13.1 Å². The first kappa shape index (κ1) is 15.5. The second-order valence-electron chi connectivity index (χ2n) is 6.66. The highest BCUT2D eigenvalue weighted by molar-refractivity contribution is 5.19. The van der Waals surface area contributed by atoms with Gasteiger partial charge < -0.3 is 5.11 Å². The molecule has 1 N–H and O–H groups in total. The van der Waals surface area contributed by atoms with Crippen molar-refractivity contribution in [2.45, 2.75) is 52.2 Å². The Morgan fingerprint density at radius 1 is 1.10 bits per heavy atom. The molecule has 1 aromatic carbocycles. The van der Waals surface area contributed by atoms with Gasteiger partial charge in [-0.05, 0) is 49.8 Å². The molecule has 2 nitrogen and oxygen atoms in total. The lowest BCUT2D eigenvalue weighted by molar-refractivity contribution is 0.0236. The SMILES string of the molecule is CC1CCCN(C(C(C)C)C(O)c2ccccc2)CC1. The fourth-order valence-electron chi connectivity index (χ4n) is 3.42. The standard InChI is InChI=1S/C18H29NO/c1-14(2)17(18(20)16-9-5-4-6-10-16)19-12-7-8-15(3)11-13-19/h4-6,9-10,14-15,17-18,20H,7-8,11-13H2,1-3H3. The van der Waals surface area contributed by atoms with Gasteiger partial charge in [-0.15, -0.1) is 0 Å². The summed E-state index contributed by atoms with van der Waals surface area (Å²) in [4.78, 5) is 2.52. The third kappa shape index (κ3) is 3.83. The maximum Gasteiger partial charge on any atom is 0.0947 e. The fourth-order valence-corrected chi connectivity index (χ4v) is 3.42. The lowest BCUT2D eigenvalue weighted by Gasteiger charge is -2.37. The van der Waals surface area contributed by atoms with E-state index in [1.165, 1.54) is 19.3 Å². The maximum absolute atomic E-state index is 10.8. The van der Waals surface area contributed by atoms with E-state index >= 15 is 0 Å². The van der Waals surface area contributed by atoms with E-state index in [4.69, 9.17) is 0 Å². The zero-order valence-electron chi connectivity index (χ0n) is 13.1. The van der Waals surface area contributed by atoms with Crippen molar-refractivity contribution in [2.24, 2.45) is 11.8 Å². The molecule has 3 unspecified atom stereocenters. The predicted molar refractivity (Wildman–Crippen MR) is 84.6 cm³/mol. The number of aliphatic hydroxyl groups is 1. The molecule has 0 amide bonds. The van der Waals surface area contributed by atoms with Gasteiger partial charge in [0.25, 0.3) is 0 Å². The summed E-state index contributed by atoms with van der Waals surface area (Å²) in [5.74, 6) is 1.28. The minimum Gasteiger partial charge on any atom is -0.387 e. The van der Waals surface area contributed by atoms with E-state index in [1.54, 1.807) is 0 Å². The molecular formula is C18H29NO. The van der Waals surface area contributed by atoms with E-state index in [0.29, 0.717) is 5.92 Å². The van der Waals surface area contributed by atoms with Gasteiger partial charge in [-0.25, -0.2) is 0 Å². The second-order valence-corrected chi connectivity index (χ2v) is 6.66. The van der Waals surface area contributed by atoms with Crippen molar-refractivity contribution in [1.29, 1.82) is 0 Å². The highest BCUT2D eigenvalue weighted by Gasteiger charge is 2.30. The lowest BCUT2D eigenvalue weighted by Crippen LogP contribution is -2.43. The number of nitrogens with zero attached hydrogens (tertiary/aromatic N) is 1. The number of rotatable bonds is 4. The molecule has 0 aromatic heterocycles. The summed E-state index contributed by atoms with van der Waals surface area (Å²) >= 11 is 0. The molecular weight excluding hydrogens is 246 g/mol. The van der Waals surface area contributed by atoms with Crippen LogP contribution in [0.25, 0.3) is 0 Å². The van der Waals surface area contributed by atoms with Gasteiger partial charge in [0.15, 0.2) is 0 Å². The zero-order chi connectivity index (χ0) is 14.5. The van der Waals surface area contributed by atoms with Gasteiger partial charge in [-0.3, -0.25) is 4.90 Å². The molecule has 3 atom stereocenters. The summed E-state index contributed by atoms with van der Waals surface area (Å²) in [5, 5.41) is 10.8. The van der Waals surface area contributed by atoms with Crippen LogP contribution in [0.15, 0.2) is 30.3 Å². The van der Waals surface area contributed by atoms with E-state index in [-0.39, 0.29) is 12.1 Å². The average molecular weight is 275 g/mol. The van der Waals surface area contributed by atoms with Crippen LogP contribution in [0.1, 0.15) is 51.7 Å². The van der Waals surface area contributed by atoms with E-state index in [9.17, 15) is 5.11 Å². The van der Waals surface area contributed by atoms with Gasteiger partial charge in [-0.2, -0.15) is 0 Å². The Bertz CT molecular complexity index is 390. The van der Waals surface area contributed by atoms with Gasteiger partial charge >= 0.3 is 0 Å². The summed E-state index contributed by atoms with van der Waals surface area (Å²) in [6.45, 7) is 9.04. The molecule has 0 aliphatic carbocycles. The van der Waals surface area contributed by atoms with Crippen LogP contribution in [0.3, 0.4) is 0 Å². The smallest absolute Gasteiger partial charge is 0.0947 e. The summed E-state index contributed by atoms with van der Waals surface area (Å²) in [6.07, 6.45) is 3.45. The molecule has 1 aromatic rings. The summed E-state index contributed by atoms with van der Waals surface area (Å²) in [5.41, 5.74) is 1.04. The largest absolute Gasteiger partial charge is 0.387 e. The fraction of sp³-hybridized carbons (Fsp3) is 0.667. The van der Waals surface area contributed by atoms with Crippen LogP contribution in [0.5, 0.6) is 0 Å². The van der Waals surface area contributed by atoms with Crippen molar-refractivity contribution in [1.82, 2.24) is 4.90 Å². The van der Waals surface area contributed by atoms with Crippen LogP contribution in [0.4, 0.5) is 0 Å². The van der Waals surface area contributed by atoms with Gasteiger partial charge in [0.05, 0.1) is 6.10 Å². The molecule has 1 saturated heterocycles. The van der Waals surface area contributed by atoms with Crippen LogP contribution < -0.4 is 0 Å². The first-order valence-electron chi connectivity index (χ1n) is 8.06. The monoisotopic (exact) mass is 275 g/mol. The number of aliphatic hydroxyl groups excluding tert-OH is 1. The third-order valence-electron chi connectivity index (χ3n) is 4.62. The Balaban J connectivity index is 2.14. The molecule has 112 valence electrons. The first-order valence-corrected chi connectivity index (χ1v) is 8.06. The molecule has 2 rings (SSSR count). The third-order valence-corrected chi connectivity index (χ3v) is 4.62. The number of benzene rings is 1. The van der Waals surface area contributed by atoms with Crippen molar-refractivity contribution < 1.29 is 5.11 Å². The normalized spacial score (nSPS) is 24.4. The summed E-state index contributed by atoms with van der Waals surface area (Å²) < 4.78 is 0. The van der Waals surface area contributed by atoms with Gasteiger partial charge in [0.1, 0.15) is 0 Å². The van der Waals surface area contributed by atoms with Crippen LogP contribution in [-0.2, 0) is 0 Å². The molecule has 1 fully saturated rings.